The highest BCUT2D eigenvalue weighted by atomic mass is 79.9. The Bertz CT molecular complexity index is 841. The van der Waals surface area contributed by atoms with Crippen molar-refractivity contribution in [1.29, 1.82) is 0 Å². The summed E-state index contributed by atoms with van der Waals surface area (Å²) in [7, 11) is -3.71. The number of anilines is 1. The van der Waals surface area contributed by atoms with Crippen LogP contribution in [0.4, 0.5) is 5.69 Å². The van der Waals surface area contributed by atoms with Gasteiger partial charge in [0.15, 0.2) is 0 Å². The van der Waals surface area contributed by atoms with Gasteiger partial charge in [-0.25, -0.2) is 8.42 Å². The minimum Gasteiger partial charge on any atom is -0.347 e. The Morgan fingerprint density at radius 2 is 1.67 bits per heavy atom. The lowest BCUT2D eigenvalue weighted by atomic mass is 10.1. The lowest BCUT2D eigenvalue weighted by Gasteiger charge is -2.20. The summed E-state index contributed by atoms with van der Waals surface area (Å²) in [6.07, 6.45) is 0. The number of sulfonamides is 1. The van der Waals surface area contributed by atoms with Crippen molar-refractivity contribution in [2.45, 2.75) is 31.2 Å². The Kier molecular flexibility index (Phi) is 5.35. The van der Waals surface area contributed by atoms with Crippen LogP contribution in [0.15, 0.2) is 57.9 Å². The molecule has 0 radical (unpaired) electrons. The molecular formula is C17H19BrN2O3S. The molecule has 0 aliphatic heterocycles. The van der Waals surface area contributed by atoms with E-state index in [1.165, 1.54) is 18.2 Å². The Hall–Kier alpha value is -1.86. The molecule has 5 nitrogen and oxygen atoms in total. The molecule has 24 heavy (non-hydrogen) atoms. The van der Waals surface area contributed by atoms with E-state index < -0.39 is 10.0 Å². The predicted molar refractivity (Wildman–Crippen MR) is 98.6 cm³/mol. The summed E-state index contributed by atoms with van der Waals surface area (Å²) in [6.45, 7) is 5.64. The van der Waals surface area contributed by atoms with Crippen LogP contribution in [0.2, 0.25) is 0 Å². The van der Waals surface area contributed by atoms with Crippen LogP contribution in [0.25, 0.3) is 0 Å². The van der Waals surface area contributed by atoms with Crippen molar-refractivity contribution in [1.82, 2.24) is 5.32 Å². The summed E-state index contributed by atoms with van der Waals surface area (Å²) in [4.78, 5) is 12.3. The summed E-state index contributed by atoms with van der Waals surface area (Å²) in [5.74, 6) is -0.257. The van der Waals surface area contributed by atoms with Crippen LogP contribution in [0.5, 0.6) is 0 Å². The molecule has 2 aromatic rings. The molecule has 2 aromatic carbocycles. The maximum Gasteiger partial charge on any atom is 0.261 e. The van der Waals surface area contributed by atoms with Gasteiger partial charge in [-0.3, -0.25) is 9.52 Å². The second-order valence-electron chi connectivity index (χ2n) is 6.34. The number of halogens is 1. The molecule has 2 N–H and O–H groups in total. The van der Waals surface area contributed by atoms with Gasteiger partial charge < -0.3 is 5.32 Å². The highest BCUT2D eigenvalue weighted by Gasteiger charge is 2.17. The number of carbonyl (C=O) groups is 1. The minimum atomic E-state index is -3.71. The zero-order valence-electron chi connectivity index (χ0n) is 13.6. The van der Waals surface area contributed by atoms with Crippen LogP contribution in [0, 0.1) is 0 Å². The van der Waals surface area contributed by atoms with Gasteiger partial charge in [-0.15, -0.1) is 0 Å². The second-order valence-corrected chi connectivity index (χ2v) is 8.94. The SMILES string of the molecule is CC(C)(C)NC(=O)c1cccc(NS(=O)(=O)c2ccc(Br)cc2)c1. The topological polar surface area (TPSA) is 75.3 Å². The van der Waals surface area contributed by atoms with Gasteiger partial charge >= 0.3 is 0 Å². The first-order chi connectivity index (χ1) is 11.1. The number of hydrogen-bond acceptors (Lipinski definition) is 3. The molecule has 0 bridgehead atoms. The largest absolute Gasteiger partial charge is 0.347 e. The van der Waals surface area contributed by atoms with Gasteiger partial charge in [-0.05, 0) is 63.2 Å². The Morgan fingerprint density at radius 1 is 1.04 bits per heavy atom. The van der Waals surface area contributed by atoms with Crippen LogP contribution in [0.1, 0.15) is 31.1 Å². The van der Waals surface area contributed by atoms with E-state index in [9.17, 15) is 13.2 Å². The van der Waals surface area contributed by atoms with Crippen molar-refractivity contribution < 1.29 is 13.2 Å². The smallest absolute Gasteiger partial charge is 0.261 e. The molecule has 0 saturated carbocycles. The molecule has 0 aromatic heterocycles. The molecule has 0 aliphatic rings. The average Bonchev–Trinajstić information content (AvgIpc) is 2.45. The van der Waals surface area contributed by atoms with Crippen molar-refractivity contribution in [2.24, 2.45) is 0 Å². The van der Waals surface area contributed by atoms with E-state index in [1.54, 1.807) is 30.3 Å². The molecule has 0 unspecified atom stereocenters. The first kappa shape index (κ1) is 18.5. The molecule has 0 saturated heterocycles. The van der Waals surface area contributed by atoms with Crippen LogP contribution in [0.3, 0.4) is 0 Å². The van der Waals surface area contributed by atoms with Crippen molar-refractivity contribution in [3.8, 4) is 0 Å². The molecule has 7 heteroatoms. The molecule has 2 rings (SSSR count). The highest BCUT2D eigenvalue weighted by molar-refractivity contribution is 9.10. The van der Waals surface area contributed by atoms with Gasteiger partial charge in [-0.1, -0.05) is 22.0 Å². The molecule has 128 valence electrons. The standard InChI is InChI=1S/C17H19BrN2O3S/c1-17(2,3)19-16(21)12-5-4-6-14(11-12)20-24(22,23)15-9-7-13(18)8-10-15/h4-11,20H,1-3H3,(H,19,21). The van der Waals surface area contributed by atoms with Gasteiger partial charge in [0.2, 0.25) is 0 Å². The third-order valence-electron chi connectivity index (χ3n) is 2.99. The number of benzene rings is 2. The monoisotopic (exact) mass is 410 g/mol. The Labute approximate surface area is 150 Å². The fourth-order valence-corrected chi connectivity index (χ4v) is 3.28. The van der Waals surface area contributed by atoms with Crippen LogP contribution < -0.4 is 10.0 Å². The predicted octanol–water partition coefficient (Wildman–Crippen LogP) is 3.78. The summed E-state index contributed by atoms with van der Waals surface area (Å²) >= 11 is 3.27. The summed E-state index contributed by atoms with van der Waals surface area (Å²) < 4.78 is 28.1. The number of carbonyl (C=O) groups excluding carboxylic acids is 1. The quantitative estimate of drug-likeness (QED) is 0.804. The van der Waals surface area contributed by atoms with E-state index in [-0.39, 0.29) is 16.3 Å². The molecule has 0 fully saturated rings. The highest BCUT2D eigenvalue weighted by Crippen LogP contribution is 2.19. The molecular weight excluding hydrogens is 392 g/mol. The Balaban J connectivity index is 2.23. The summed E-state index contributed by atoms with van der Waals surface area (Å²) in [5.41, 5.74) is 0.352. The summed E-state index contributed by atoms with van der Waals surface area (Å²) in [5, 5.41) is 2.84. The van der Waals surface area contributed by atoms with Crippen molar-refractivity contribution in [3.63, 3.8) is 0 Å². The third-order valence-corrected chi connectivity index (χ3v) is 4.92. The number of hydrogen-bond donors (Lipinski definition) is 2. The first-order valence-corrected chi connectivity index (χ1v) is 9.55. The van der Waals surface area contributed by atoms with Gasteiger partial charge in [0.25, 0.3) is 15.9 Å². The van der Waals surface area contributed by atoms with Crippen molar-refractivity contribution in [3.05, 3.63) is 58.6 Å². The van der Waals surface area contributed by atoms with Crippen LogP contribution in [-0.4, -0.2) is 19.9 Å². The third kappa shape index (κ3) is 5.07. The van der Waals surface area contributed by atoms with E-state index in [0.717, 1.165) is 4.47 Å². The van der Waals surface area contributed by atoms with Gasteiger partial charge in [0, 0.05) is 21.3 Å². The van der Waals surface area contributed by atoms with Crippen LogP contribution in [-0.2, 0) is 10.0 Å². The minimum absolute atomic E-state index is 0.148. The first-order valence-electron chi connectivity index (χ1n) is 7.28. The van der Waals surface area contributed by atoms with E-state index >= 15 is 0 Å². The number of rotatable bonds is 4. The average molecular weight is 411 g/mol. The van der Waals surface area contributed by atoms with Crippen molar-refractivity contribution in [2.75, 3.05) is 4.72 Å². The van der Waals surface area contributed by atoms with Crippen LogP contribution >= 0.6 is 15.9 Å². The van der Waals surface area contributed by atoms with Gasteiger partial charge in [0.1, 0.15) is 0 Å². The fourth-order valence-electron chi connectivity index (χ4n) is 1.96. The molecule has 0 heterocycles. The Morgan fingerprint density at radius 3 is 2.25 bits per heavy atom. The molecule has 0 aliphatic carbocycles. The van der Waals surface area contributed by atoms with E-state index in [0.29, 0.717) is 11.3 Å². The maximum absolute atomic E-state index is 12.4. The van der Waals surface area contributed by atoms with E-state index in [2.05, 4.69) is 26.0 Å². The van der Waals surface area contributed by atoms with E-state index in [1.807, 2.05) is 20.8 Å². The molecule has 1 amide bonds. The van der Waals surface area contributed by atoms with Gasteiger partial charge in [0.05, 0.1) is 4.90 Å². The van der Waals surface area contributed by atoms with Gasteiger partial charge in [-0.2, -0.15) is 0 Å². The molecule has 0 spiro atoms. The lowest BCUT2D eigenvalue weighted by molar-refractivity contribution is 0.0919. The number of nitrogens with one attached hydrogen (secondary N) is 2. The second kappa shape index (κ2) is 6.94. The fraction of sp³-hybridized carbons (Fsp3) is 0.235. The lowest BCUT2D eigenvalue weighted by Crippen LogP contribution is -2.40. The number of amides is 1. The molecule has 0 atom stereocenters. The zero-order valence-corrected chi connectivity index (χ0v) is 16.0. The normalized spacial score (nSPS) is 11.8. The summed E-state index contributed by atoms with van der Waals surface area (Å²) in [6, 6.07) is 12.7. The maximum atomic E-state index is 12.4. The van der Waals surface area contributed by atoms with Crippen molar-refractivity contribution >= 4 is 37.5 Å². The van der Waals surface area contributed by atoms with E-state index in [4.69, 9.17) is 0 Å². The zero-order chi connectivity index (χ0) is 18.0.